The molecule has 0 atom stereocenters. The van der Waals surface area contributed by atoms with Crippen LogP contribution < -0.4 is 4.74 Å². The number of methoxy groups -OCH3 is 1. The molecule has 0 unspecified atom stereocenters. The van der Waals surface area contributed by atoms with Gasteiger partial charge in [0.25, 0.3) is 5.91 Å². The Morgan fingerprint density at radius 1 is 1.23 bits per heavy atom. The minimum absolute atomic E-state index is 0.0349. The second-order valence-electron chi connectivity index (χ2n) is 5.74. The number of nitrogens with zero attached hydrogens (tertiary/aromatic N) is 1. The smallest absolute Gasteiger partial charge is 0.308 e. The van der Waals surface area contributed by atoms with Crippen molar-refractivity contribution in [2.45, 2.75) is 26.7 Å². The zero-order chi connectivity index (χ0) is 16.1. The molecular weight excluding hydrogens is 282 g/mol. The molecule has 0 saturated carbocycles. The van der Waals surface area contributed by atoms with Crippen LogP contribution in [0.25, 0.3) is 0 Å². The van der Waals surface area contributed by atoms with E-state index in [1.54, 1.807) is 4.90 Å². The molecule has 1 aromatic carbocycles. The van der Waals surface area contributed by atoms with E-state index in [4.69, 9.17) is 9.47 Å². The lowest BCUT2D eigenvalue weighted by molar-refractivity contribution is -0.149. The molecule has 1 aliphatic rings. The number of ether oxygens (including phenoxy) is 2. The summed E-state index contributed by atoms with van der Waals surface area (Å²) in [5.74, 6) is 0.440. The average Bonchev–Trinajstić information content (AvgIpc) is 2.54. The SMILES string of the molecule is COC(=O)C1CCN(C(=O)COc2cc(C)ccc2C)CC1. The van der Waals surface area contributed by atoms with Gasteiger partial charge in [0, 0.05) is 13.1 Å². The van der Waals surface area contributed by atoms with Gasteiger partial charge in [0.15, 0.2) is 6.61 Å². The molecule has 1 heterocycles. The summed E-state index contributed by atoms with van der Waals surface area (Å²) in [5.41, 5.74) is 2.12. The maximum atomic E-state index is 12.2. The first-order chi connectivity index (χ1) is 10.5. The molecule has 0 aromatic heterocycles. The Kier molecular flexibility index (Phi) is 5.41. The third kappa shape index (κ3) is 4.00. The van der Waals surface area contributed by atoms with Crippen LogP contribution in [-0.4, -0.2) is 43.6 Å². The summed E-state index contributed by atoms with van der Waals surface area (Å²) in [6.07, 6.45) is 1.31. The molecule has 5 heteroatoms. The van der Waals surface area contributed by atoms with E-state index >= 15 is 0 Å². The van der Waals surface area contributed by atoms with Crippen molar-refractivity contribution in [3.8, 4) is 5.75 Å². The first kappa shape index (κ1) is 16.3. The van der Waals surface area contributed by atoms with Gasteiger partial charge in [0.2, 0.25) is 0 Å². The summed E-state index contributed by atoms with van der Waals surface area (Å²) in [5, 5.41) is 0. The zero-order valence-electron chi connectivity index (χ0n) is 13.4. The summed E-state index contributed by atoms with van der Waals surface area (Å²) < 4.78 is 10.4. The highest BCUT2D eigenvalue weighted by atomic mass is 16.5. The molecule has 1 saturated heterocycles. The van der Waals surface area contributed by atoms with Gasteiger partial charge >= 0.3 is 5.97 Å². The topological polar surface area (TPSA) is 55.8 Å². The normalized spacial score (nSPS) is 15.5. The first-order valence-corrected chi connectivity index (χ1v) is 7.57. The van der Waals surface area contributed by atoms with Gasteiger partial charge in [-0.25, -0.2) is 0 Å². The summed E-state index contributed by atoms with van der Waals surface area (Å²) in [4.78, 5) is 25.4. The van der Waals surface area contributed by atoms with E-state index in [1.807, 2.05) is 32.0 Å². The van der Waals surface area contributed by atoms with Crippen molar-refractivity contribution in [2.24, 2.45) is 5.92 Å². The van der Waals surface area contributed by atoms with Crippen LogP contribution in [0.1, 0.15) is 24.0 Å². The van der Waals surface area contributed by atoms with Gasteiger partial charge < -0.3 is 14.4 Å². The van der Waals surface area contributed by atoms with Crippen molar-refractivity contribution in [2.75, 3.05) is 26.8 Å². The van der Waals surface area contributed by atoms with Crippen molar-refractivity contribution < 1.29 is 19.1 Å². The molecule has 120 valence electrons. The molecule has 1 fully saturated rings. The number of piperidine rings is 1. The van der Waals surface area contributed by atoms with Crippen molar-refractivity contribution in [1.82, 2.24) is 4.90 Å². The van der Waals surface area contributed by atoms with Gasteiger partial charge in [-0.05, 0) is 43.9 Å². The Labute approximate surface area is 131 Å². The number of amides is 1. The number of rotatable bonds is 4. The number of esters is 1. The lowest BCUT2D eigenvalue weighted by atomic mass is 9.97. The van der Waals surface area contributed by atoms with Crippen LogP contribution in [0.3, 0.4) is 0 Å². The minimum Gasteiger partial charge on any atom is -0.483 e. The molecule has 5 nitrogen and oxygen atoms in total. The highest BCUT2D eigenvalue weighted by Crippen LogP contribution is 2.21. The van der Waals surface area contributed by atoms with Gasteiger partial charge in [-0.2, -0.15) is 0 Å². The number of hydrogen-bond acceptors (Lipinski definition) is 4. The molecule has 0 spiro atoms. The van der Waals surface area contributed by atoms with Crippen molar-refractivity contribution in [3.05, 3.63) is 29.3 Å². The molecular formula is C17H23NO4. The number of aryl methyl sites for hydroxylation is 2. The fourth-order valence-electron chi connectivity index (χ4n) is 2.62. The van der Waals surface area contributed by atoms with E-state index < -0.39 is 0 Å². The summed E-state index contributed by atoms with van der Waals surface area (Å²) in [6.45, 7) is 5.14. The van der Waals surface area contributed by atoms with Crippen LogP contribution in [0.5, 0.6) is 5.75 Å². The first-order valence-electron chi connectivity index (χ1n) is 7.57. The van der Waals surface area contributed by atoms with E-state index in [0.717, 1.165) is 16.9 Å². The standard InChI is InChI=1S/C17H23NO4/c1-12-4-5-13(2)15(10-12)22-11-16(19)18-8-6-14(7-9-18)17(20)21-3/h4-5,10,14H,6-9,11H2,1-3H3. The minimum atomic E-state index is -0.182. The van der Waals surface area contributed by atoms with Gasteiger partial charge in [-0.3, -0.25) is 9.59 Å². The van der Waals surface area contributed by atoms with E-state index in [1.165, 1.54) is 7.11 Å². The fraction of sp³-hybridized carbons (Fsp3) is 0.529. The van der Waals surface area contributed by atoms with Crippen LogP contribution in [0.15, 0.2) is 18.2 Å². The zero-order valence-corrected chi connectivity index (χ0v) is 13.4. The highest BCUT2D eigenvalue weighted by Gasteiger charge is 2.27. The second kappa shape index (κ2) is 7.29. The monoisotopic (exact) mass is 305 g/mol. The Morgan fingerprint density at radius 3 is 2.55 bits per heavy atom. The third-order valence-electron chi connectivity index (χ3n) is 4.08. The average molecular weight is 305 g/mol. The fourth-order valence-corrected chi connectivity index (χ4v) is 2.62. The largest absolute Gasteiger partial charge is 0.483 e. The summed E-state index contributed by atoms with van der Waals surface area (Å²) in [6, 6.07) is 5.94. The van der Waals surface area contributed by atoms with Crippen molar-refractivity contribution >= 4 is 11.9 Å². The Hall–Kier alpha value is -2.04. The van der Waals surface area contributed by atoms with E-state index in [9.17, 15) is 9.59 Å². The van der Waals surface area contributed by atoms with Crippen molar-refractivity contribution in [3.63, 3.8) is 0 Å². The number of hydrogen-bond donors (Lipinski definition) is 0. The maximum Gasteiger partial charge on any atom is 0.308 e. The molecule has 1 aromatic rings. The molecule has 1 amide bonds. The van der Waals surface area contributed by atoms with Crippen LogP contribution >= 0.6 is 0 Å². The molecule has 0 aliphatic carbocycles. The molecule has 0 bridgehead atoms. The quantitative estimate of drug-likeness (QED) is 0.799. The molecule has 2 rings (SSSR count). The highest BCUT2D eigenvalue weighted by molar-refractivity contribution is 5.78. The number of benzene rings is 1. The summed E-state index contributed by atoms with van der Waals surface area (Å²) in [7, 11) is 1.40. The van der Waals surface area contributed by atoms with Crippen molar-refractivity contribution in [1.29, 1.82) is 0 Å². The predicted octanol–water partition coefficient (Wildman–Crippen LogP) is 2.09. The lowest BCUT2D eigenvalue weighted by Crippen LogP contribution is -2.42. The maximum absolute atomic E-state index is 12.2. The van der Waals surface area contributed by atoms with Crippen LogP contribution in [-0.2, 0) is 14.3 Å². The van der Waals surface area contributed by atoms with Gasteiger partial charge in [-0.1, -0.05) is 12.1 Å². The Morgan fingerprint density at radius 2 is 1.91 bits per heavy atom. The van der Waals surface area contributed by atoms with E-state index in [-0.39, 0.29) is 24.4 Å². The van der Waals surface area contributed by atoms with Crippen LogP contribution in [0, 0.1) is 19.8 Å². The van der Waals surface area contributed by atoms with Crippen LogP contribution in [0.2, 0.25) is 0 Å². The van der Waals surface area contributed by atoms with Gasteiger partial charge in [-0.15, -0.1) is 0 Å². The number of carbonyl (C=O) groups excluding carboxylic acids is 2. The van der Waals surface area contributed by atoms with E-state index in [2.05, 4.69) is 0 Å². The second-order valence-corrected chi connectivity index (χ2v) is 5.74. The van der Waals surface area contributed by atoms with Gasteiger partial charge in [0.1, 0.15) is 5.75 Å². The third-order valence-corrected chi connectivity index (χ3v) is 4.08. The van der Waals surface area contributed by atoms with E-state index in [0.29, 0.717) is 25.9 Å². The Bertz CT molecular complexity index is 548. The molecule has 0 radical (unpaired) electrons. The van der Waals surface area contributed by atoms with Crippen LogP contribution in [0.4, 0.5) is 0 Å². The predicted molar refractivity (Wildman–Crippen MR) is 82.7 cm³/mol. The Balaban J connectivity index is 1.83. The molecule has 22 heavy (non-hydrogen) atoms. The molecule has 1 aliphatic heterocycles. The number of carbonyl (C=O) groups is 2. The molecule has 0 N–H and O–H groups in total. The van der Waals surface area contributed by atoms with Gasteiger partial charge in [0.05, 0.1) is 13.0 Å². The summed E-state index contributed by atoms with van der Waals surface area (Å²) >= 11 is 0. The number of likely N-dealkylation sites (tertiary alicyclic amines) is 1. The lowest BCUT2D eigenvalue weighted by Gasteiger charge is -2.30.